The molecule has 2 aliphatic heterocycles. The summed E-state index contributed by atoms with van der Waals surface area (Å²) in [6, 6.07) is 3.89. The van der Waals surface area contributed by atoms with Crippen molar-refractivity contribution in [1.82, 2.24) is 15.5 Å². The quantitative estimate of drug-likeness (QED) is 0.0644. The standard InChI is InChI=1S/C40H64N4O16/c1-40(2,3)60-39(49)42-10-12-51-14-16-53-18-20-55-22-24-57-26-28-59-30-29-58-27-25-56-23-21-54-19-17-52-15-13-50-11-9-41-32-6-4-5-31-35(32)38(48)44(37(31)47)33-7-8-34(45)43-36(33)46/h4-6,33,41H,7-30H2,1-3H3,(H,42,49)(H,43,45,46). The number of alkyl carbamates (subject to hydrolysis) is 1. The van der Waals surface area contributed by atoms with Crippen LogP contribution in [0.15, 0.2) is 18.2 Å². The first-order chi connectivity index (χ1) is 29.1. The summed E-state index contributed by atoms with van der Waals surface area (Å²) in [4.78, 5) is 62.4. The largest absolute Gasteiger partial charge is 0.444 e. The van der Waals surface area contributed by atoms with Gasteiger partial charge in [-0.1, -0.05) is 6.07 Å². The van der Waals surface area contributed by atoms with Gasteiger partial charge < -0.3 is 62.7 Å². The number of benzene rings is 1. The van der Waals surface area contributed by atoms with E-state index in [0.29, 0.717) is 151 Å². The van der Waals surface area contributed by atoms with Crippen LogP contribution in [0.2, 0.25) is 0 Å². The Morgan fingerprint density at radius 1 is 0.617 bits per heavy atom. The van der Waals surface area contributed by atoms with E-state index in [0.717, 1.165) is 4.90 Å². The molecule has 340 valence electrons. The molecule has 0 radical (unpaired) electrons. The maximum absolute atomic E-state index is 13.2. The second-order valence-electron chi connectivity index (χ2n) is 14.2. The molecule has 1 aromatic rings. The van der Waals surface area contributed by atoms with Crippen LogP contribution in [0.3, 0.4) is 0 Å². The lowest BCUT2D eigenvalue weighted by Gasteiger charge is -2.27. The average molecular weight is 857 g/mol. The van der Waals surface area contributed by atoms with Crippen LogP contribution in [0, 0.1) is 0 Å². The lowest BCUT2D eigenvalue weighted by molar-refractivity contribution is -0.136. The number of imide groups is 2. The lowest BCUT2D eigenvalue weighted by atomic mass is 10.0. The fourth-order valence-corrected chi connectivity index (χ4v) is 5.54. The molecular weight excluding hydrogens is 792 g/mol. The monoisotopic (exact) mass is 856 g/mol. The maximum Gasteiger partial charge on any atom is 0.407 e. The van der Waals surface area contributed by atoms with Gasteiger partial charge in [0.25, 0.3) is 11.8 Å². The molecule has 0 aliphatic carbocycles. The van der Waals surface area contributed by atoms with E-state index in [1.807, 2.05) is 20.8 Å². The Bertz CT molecular complexity index is 1430. The summed E-state index contributed by atoms with van der Waals surface area (Å²) in [7, 11) is 0. The third-order valence-corrected chi connectivity index (χ3v) is 8.29. The van der Waals surface area contributed by atoms with Crippen molar-refractivity contribution in [3.63, 3.8) is 0 Å². The first-order valence-corrected chi connectivity index (χ1v) is 20.4. The first-order valence-electron chi connectivity index (χ1n) is 20.4. The molecule has 1 aromatic carbocycles. The van der Waals surface area contributed by atoms with Gasteiger partial charge >= 0.3 is 6.09 Å². The Kier molecular flexibility index (Phi) is 25.5. The molecule has 20 heteroatoms. The second-order valence-corrected chi connectivity index (χ2v) is 14.2. The second kappa shape index (κ2) is 30.2. The third-order valence-electron chi connectivity index (χ3n) is 8.29. The Morgan fingerprint density at radius 2 is 1.03 bits per heavy atom. The SMILES string of the molecule is CC(C)(C)OC(=O)NCCOCCOCCOCCOCCOCCOCCOCCOCCOCCOCCNc1cccc2c1C(=O)N(C1CCC(=O)NC1=O)C2=O. The molecule has 0 saturated carbocycles. The predicted octanol–water partition coefficient (Wildman–Crippen LogP) is 1.19. The zero-order valence-corrected chi connectivity index (χ0v) is 35.3. The molecule has 5 amide bonds. The van der Waals surface area contributed by atoms with E-state index < -0.39 is 41.4 Å². The lowest BCUT2D eigenvalue weighted by Crippen LogP contribution is -2.54. The number of ether oxygens (including phenoxy) is 11. The molecule has 1 fully saturated rings. The highest BCUT2D eigenvalue weighted by Gasteiger charge is 2.45. The van der Waals surface area contributed by atoms with Gasteiger partial charge in [-0.3, -0.25) is 29.4 Å². The van der Waals surface area contributed by atoms with Crippen LogP contribution in [-0.4, -0.2) is 191 Å². The topological polar surface area (TPSA) is 226 Å². The van der Waals surface area contributed by atoms with Gasteiger partial charge in [-0.25, -0.2) is 4.79 Å². The van der Waals surface area contributed by atoms with Gasteiger partial charge in [0.05, 0.1) is 143 Å². The van der Waals surface area contributed by atoms with Gasteiger partial charge in [0, 0.05) is 25.2 Å². The van der Waals surface area contributed by atoms with Gasteiger partial charge in [0.2, 0.25) is 11.8 Å². The van der Waals surface area contributed by atoms with Gasteiger partial charge in [0.1, 0.15) is 11.6 Å². The molecule has 2 aliphatic rings. The summed E-state index contributed by atoms with van der Waals surface area (Å²) in [6.45, 7) is 14.8. The number of nitrogens with zero attached hydrogens (tertiary/aromatic N) is 1. The fourth-order valence-electron chi connectivity index (χ4n) is 5.54. The number of piperidine rings is 1. The van der Waals surface area contributed by atoms with Crippen molar-refractivity contribution in [3.05, 3.63) is 29.3 Å². The fraction of sp³-hybridized carbons (Fsp3) is 0.725. The van der Waals surface area contributed by atoms with Crippen molar-refractivity contribution in [2.45, 2.75) is 45.3 Å². The van der Waals surface area contributed by atoms with E-state index in [1.54, 1.807) is 18.2 Å². The number of nitrogens with one attached hydrogen (secondary N) is 3. The summed E-state index contributed by atoms with van der Waals surface area (Å²) in [5, 5.41) is 7.95. The molecule has 0 bridgehead atoms. The normalized spacial score (nSPS) is 15.4. The molecular formula is C40H64N4O16. The average Bonchev–Trinajstić information content (AvgIpc) is 3.46. The molecule has 3 rings (SSSR count). The molecule has 20 nitrogen and oxygen atoms in total. The minimum absolute atomic E-state index is 0.0619. The Labute approximate surface area is 351 Å². The molecule has 0 aromatic heterocycles. The zero-order chi connectivity index (χ0) is 43.3. The molecule has 0 spiro atoms. The van der Waals surface area contributed by atoms with Crippen molar-refractivity contribution in [1.29, 1.82) is 0 Å². The van der Waals surface area contributed by atoms with E-state index in [9.17, 15) is 24.0 Å². The number of fused-ring (bicyclic) bond motifs is 1. The van der Waals surface area contributed by atoms with Crippen molar-refractivity contribution in [2.24, 2.45) is 0 Å². The Balaban J connectivity index is 0.986. The maximum atomic E-state index is 13.2. The van der Waals surface area contributed by atoms with Crippen LogP contribution < -0.4 is 16.0 Å². The highest BCUT2D eigenvalue weighted by molar-refractivity contribution is 6.25. The molecule has 2 heterocycles. The first kappa shape index (κ1) is 50.5. The molecule has 1 saturated heterocycles. The summed E-state index contributed by atoms with van der Waals surface area (Å²) in [5.74, 6) is -2.18. The van der Waals surface area contributed by atoms with Gasteiger partial charge in [-0.15, -0.1) is 0 Å². The number of carbonyl (C=O) groups excluding carboxylic acids is 5. The molecule has 1 atom stereocenters. The van der Waals surface area contributed by atoms with Crippen LogP contribution >= 0.6 is 0 Å². The molecule has 3 N–H and O–H groups in total. The molecule has 1 unspecified atom stereocenters. The summed E-state index contributed by atoms with van der Waals surface area (Å²) < 4.78 is 60.0. The van der Waals surface area contributed by atoms with Crippen molar-refractivity contribution in [3.8, 4) is 0 Å². The van der Waals surface area contributed by atoms with Crippen LogP contribution in [0.1, 0.15) is 54.3 Å². The van der Waals surface area contributed by atoms with Crippen LogP contribution in [-0.2, 0) is 61.7 Å². The minimum Gasteiger partial charge on any atom is -0.444 e. The van der Waals surface area contributed by atoms with Crippen molar-refractivity contribution < 1.29 is 76.1 Å². The number of rotatable bonds is 35. The summed E-state index contributed by atoms with van der Waals surface area (Å²) in [6.07, 6.45) is -0.302. The van der Waals surface area contributed by atoms with Crippen molar-refractivity contribution >= 4 is 35.4 Å². The van der Waals surface area contributed by atoms with E-state index >= 15 is 0 Å². The molecule has 60 heavy (non-hydrogen) atoms. The third kappa shape index (κ3) is 21.1. The van der Waals surface area contributed by atoms with Crippen molar-refractivity contribution in [2.75, 3.05) is 151 Å². The van der Waals surface area contributed by atoms with Crippen LogP contribution in [0.4, 0.5) is 10.5 Å². The zero-order valence-electron chi connectivity index (χ0n) is 35.3. The summed E-state index contributed by atoms with van der Waals surface area (Å²) >= 11 is 0. The van der Waals surface area contributed by atoms with E-state index in [4.69, 9.17) is 52.1 Å². The van der Waals surface area contributed by atoms with Gasteiger partial charge in [-0.2, -0.15) is 0 Å². The highest BCUT2D eigenvalue weighted by atomic mass is 16.6. The van der Waals surface area contributed by atoms with E-state index in [2.05, 4.69) is 16.0 Å². The number of anilines is 1. The van der Waals surface area contributed by atoms with E-state index in [1.165, 1.54) is 0 Å². The smallest absolute Gasteiger partial charge is 0.407 e. The van der Waals surface area contributed by atoms with Crippen LogP contribution in [0.25, 0.3) is 0 Å². The number of hydrogen-bond donors (Lipinski definition) is 3. The number of hydrogen-bond acceptors (Lipinski definition) is 17. The van der Waals surface area contributed by atoms with Crippen LogP contribution in [0.5, 0.6) is 0 Å². The number of amides is 5. The van der Waals surface area contributed by atoms with Gasteiger partial charge in [0.15, 0.2) is 0 Å². The Hall–Kier alpha value is -3.83. The summed E-state index contributed by atoms with van der Waals surface area (Å²) in [5.41, 5.74) is 0.369. The highest BCUT2D eigenvalue weighted by Crippen LogP contribution is 2.32. The van der Waals surface area contributed by atoms with Gasteiger partial charge in [-0.05, 0) is 39.3 Å². The Morgan fingerprint density at radius 3 is 1.45 bits per heavy atom. The van der Waals surface area contributed by atoms with E-state index in [-0.39, 0.29) is 24.0 Å². The number of carbonyl (C=O) groups is 5. The minimum atomic E-state index is -1.02. The predicted molar refractivity (Wildman–Crippen MR) is 214 cm³/mol.